The summed E-state index contributed by atoms with van der Waals surface area (Å²) in [6.45, 7) is 11.5. The van der Waals surface area contributed by atoms with E-state index < -0.39 is 0 Å². The van der Waals surface area contributed by atoms with Crippen molar-refractivity contribution in [2.75, 3.05) is 13.1 Å². The third-order valence-corrected chi connectivity index (χ3v) is 4.80. The van der Waals surface area contributed by atoms with Crippen LogP contribution in [-0.4, -0.2) is 30.1 Å². The highest BCUT2D eigenvalue weighted by Crippen LogP contribution is 2.31. The van der Waals surface area contributed by atoms with Crippen molar-refractivity contribution in [1.29, 1.82) is 0 Å². The lowest BCUT2D eigenvalue weighted by Crippen LogP contribution is -2.55. The lowest BCUT2D eigenvalue weighted by atomic mass is 9.80. The van der Waals surface area contributed by atoms with Crippen molar-refractivity contribution in [2.45, 2.75) is 59.0 Å². The molecule has 1 fully saturated rings. The van der Waals surface area contributed by atoms with Crippen molar-refractivity contribution in [3.8, 4) is 0 Å². The molecule has 0 spiro atoms. The van der Waals surface area contributed by atoms with E-state index in [1.54, 1.807) is 0 Å². The van der Waals surface area contributed by atoms with Gasteiger partial charge in [0.1, 0.15) is 0 Å². The quantitative estimate of drug-likeness (QED) is 0.915. The van der Waals surface area contributed by atoms with Crippen LogP contribution in [0.15, 0.2) is 30.3 Å². The number of hydrogen-bond donors (Lipinski definition) is 1. The molecule has 118 valence electrons. The molecule has 2 atom stereocenters. The molecule has 0 saturated carbocycles. The summed E-state index contributed by atoms with van der Waals surface area (Å²) in [7, 11) is 0. The van der Waals surface area contributed by atoms with E-state index >= 15 is 0 Å². The van der Waals surface area contributed by atoms with E-state index in [0.29, 0.717) is 6.04 Å². The Morgan fingerprint density at radius 3 is 2.19 bits per heavy atom. The molecule has 0 aromatic heterocycles. The van der Waals surface area contributed by atoms with Gasteiger partial charge in [0.05, 0.1) is 0 Å². The summed E-state index contributed by atoms with van der Waals surface area (Å²) in [6.07, 6.45) is 3.83. The van der Waals surface area contributed by atoms with Gasteiger partial charge in [0.25, 0.3) is 0 Å². The van der Waals surface area contributed by atoms with Gasteiger partial charge in [0.2, 0.25) is 0 Å². The van der Waals surface area contributed by atoms with E-state index in [1.165, 1.54) is 37.9 Å². The van der Waals surface area contributed by atoms with Crippen LogP contribution in [0.4, 0.5) is 0 Å². The molecule has 1 saturated heterocycles. The maximum atomic E-state index is 6.27. The van der Waals surface area contributed by atoms with Gasteiger partial charge in [-0.3, -0.25) is 4.90 Å². The van der Waals surface area contributed by atoms with Crippen LogP contribution < -0.4 is 5.73 Å². The number of nitrogens with zero attached hydrogens (tertiary/aromatic N) is 1. The van der Waals surface area contributed by atoms with Crippen LogP contribution in [-0.2, 0) is 6.42 Å². The normalized spacial score (nSPS) is 21.2. The van der Waals surface area contributed by atoms with Crippen molar-refractivity contribution in [2.24, 2.45) is 17.1 Å². The molecule has 0 aliphatic carbocycles. The first kappa shape index (κ1) is 16.5. The summed E-state index contributed by atoms with van der Waals surface area (Å²) in [5.74, 6) is 0.831. The number of rotatable bonds is 4. The molecule has 21 heavy (non-hydrogen) atoms. The predicted octanol–water partition coefficient (Wildman–Crippen LogP) is 3.70. The minimum absolute atomic E-state index is 0.232. The molecule has 1 aromatic carbocycles. The number of nitrogens with two attached hydrogens (primary N) is 1. The SMILES string of the molecule is CC(N)C(N1CCC(Cc2ccccc2)CC1)C(C)(C)C. The third-order valence-electron chi connectivity index (χ3n) is 4.80. The van der Waals surface area contributed by atoms with Gasteiger partial charge in [0.15, 0.2) is 0 Å². The van der Waals surface area contributed by atoms with Crippen molar-refractivity contribution >= 4 is 0 Å². The molecule has 2 rings (SSSR count). The molecule has 0 bridgehead atoms. The third kappa shape index (κ3) is 4.55. The largest absolute Gasteiger partial charge is 0.327 e. The van der Waals surface area contributed by atoms with Crippen molar-refractivity contribution in [3.63, 3.8) is 0 Å². The van der Waals surface area contributed by atoms with Gasteiger partial charge < -0.3 is 5.73 Å². The van der Waals surface area contributed by atoms with Gasteiger partial charge in [0, 0.05) is 12.1 Å². The Bertz CT molecular complexity index is 411. The van der Waals surface area contributed by atoms with Crippen LogP contribution in [0, 0.1) is 11.3 Å². The summed E-state index contributed by atoms with van der Waals surface area (Å²) in [5.41, 5.74) is 8.00. The lowest BCUT2D eigenvalue weighted by molar-refractivity contribution is 0.0506. The highest BCUT2D eigenvalue weighted by atomic mass is 15.2. The minimum atomic E-state index is 0.232. The summed E-state index contributed by atoms with van der Waals surface area (Å²) in [5, 5.41) is 0. The van der Waals surface area contributed by atoms with Crippen LogP contribution >= 0.6 is 0 Å². The fourth-order valence-electron chi connectivity index (χ4n) is 4.05. The Morgan fingerprint density at radius 1 is 1.14 bits per heavy atom. The van der Waals surface area contributed by atoms with Gasteiger partial charge in [-0.1, -0.05) is 51.1 Å². The summed E-state index contributed by atoms with van der Waals surface area (Å²) in [4.78, 5) is 2.63. The summed E-state index contributed by atoms with van der Waals surface area (Å²) < 4.78 is 0. The first-order valence-electron chi connectivity index (χ1n) is 8.41. The van der Waals surface area contributed by atoms with E-state index in [9.17, 15) is 0 Å². The minimum Gasteiger partial charge on any atom is -0.327 e. The average molecular weight is 288 g/mol. The van der Waals surface area contributed by atoms with Crippen molar-refractivity contribution in [3.05, 3.63) is 35.9 Å². The van der Waals surface area contributed by atoms with Crippen molar-refractivity contribution < 1.29 is 0 Å². The van der Waals surface area contributed by atoms with Crippen molar-refractivity contribution in [1.82, 2.24) is 4.90 Å². The molecule has 1 heterocycles. The molecular weight excluding hydrogens is 256 g/mol. The Balaban J connectivity index is 1.90. The van der Waals surface area contributed by atoms with E-state index in [-0.39, 0.29) is 11.5 Å². The second-order valence-electron chi connectivity index (χ2n) is 7.84. The number of hydrogen-bond acceptors (Lipinski definition) is 2. The molecule has 0 radical (unpaired) electrons. The van der Waals surface area contributed by atoms with Gasteiger partial charge >= 0.3 is 0 Å². The number of likely N-dealkylation sites (tertiary alicyclic amines) is 1. The molecule has 2 heteroatoms. The zero-order valence-corrected chi connectivity index (χ0v) is 14.2. The zero-order chi connectivity index (χ0) is 15.5. The second kappa shape index (κ2) is 6.93. The van der Waals surface area contributed by atoms with Crippen LogP contribution in [0.25, 0.3) is 0 Å². The second-order valence-corrected chi connectivity index (χ2v) is 7.84. The van der Waals surface area contributed by atoms with Crippen LogP contribution in [0.2, 0.25) is 0 Å². The molecule has 2 N–H and O–H groups in total. The number of benzene rings is 1. The van der Waals surface area contributed by atoms with E-state index in [0.717, 1.165) is 5.92 Å². The Labute approximate surface area is 130 Å². The van der Waals surface area contributed by atoms with Gasteiger partial charge in [-0.05, 0) is 56.2 Å². The molecule has 0 amide bonds. The standard InChI is InChI=1S/C19H32N2/c1-15(20)18(19(2,3)4)21-12-10-17(11-13-21)14-16-8-6-5-7-9-16/h5-9,15,17-18H,10-14,20H2,1-4H3. The zero-order valence-electron chi connectivity index (χ0n) is 14.2. The molecular formula is C19H32N2. The van der Waals surface area contributed by atoms with E-state index in [4.69, 9.17) is 5.73 Å². The predicted molar refractivity (Wildman–Crippen MR) is 91.3 cm³/mol. The first-order chi connectivity index (χ1) is 9.88. The molecule has 2 nitrogen and oxygen atoms in total. The van der Waals surface area contributed by atoms with E-state index in [1.807, 2.05) is 0 Å². The molecule has 1 aliphatic rings. The van der Waals surface area contributed by atoms with Crippen LogP contribution in [0.5, 0.6) is 0 Å². The highest BCUT2D eigenvalue weighted by Gasteiger charge is 2.35. The molecule has 1 aromatic rings. The first-order valence-corrected chi connectivity index (χ1v) is 8.41. The van der Waals surface area contributed by atoms with Crippen LogP contribution in [0.3, 0.4) is 0 Å². The Morgan fingerprint density at radius 2 is 1.71 bits per heavy atom. The summed E-state index contributed by atoms with van der Waals surface area (Å²) >= 11 is 0. The maximum Gasteiger partial charge on any atom is 0.0292 e. The average Bonchev–Trinajstić information content (AvgIpc) is 2.40. The fourth-order valence-corrected chi connectivity index (χ4v) is 4.05. The monoisotopic (exact) mass is 288 g/mol. The highest BCUT2D eigenvalue weighted by molar-refractivity contribution is 5.15. The van der Waals surface area contributed by atoms with Gasteiger partial charge in [-0.25, -0.2) is 0 Å². The molecule has 2 unspecified atom stereocenters. The summed E-state index contributed by atoms with van der Waals surface area (Å²) in [6, 6.07) is 11.6. The fraction of sp³-hybridized carbons (Fsp3) is 0.684. The lowest BCUT2D eigenvalue weighted by Gasteiger charge is -2.45. The Kier molecular flexibility index (Phi) is 5.45. The van der Waals surface area contributed by atoms with E-state index in [2.05, 4.69) is 62.9 Å². The molecule has 1 aliphatic heterocycles. The van der Waals surface area contributed by atoms with Crippen LogP contribution in [0.1, 0.15) is 46.1 Å². The smallest absolute Gasteiger partial charge is 0.0292 e. The topological polar surface area (TPSA) is 29.3 Å². The maximum absolute atomic E-state index is 6.27. The number of piperidine rings is 1. The van der Waals surface area contributed by atoms with Gasteiger partial charge in [-0.2, -0.15) is 0 Å². The Hall–Kier alpha value is -0.860. The van der Waals surface area contributed by atoms with Gasteiger partial charge in [-0.15, -0.1) is 0 Å².